The molecule has 4 rings (SSSR count). The lowest BCUT2D eigenvalue weighted by molar-refractivity contribution is -0.121. The zero-order valence-electron chi connectivity index (χ0n) is 15.9. The van der Waals surface area contributed by atoms with Gasteiger partial charge in [-0.25, -0.2) is 4.98 Å². The van der Waals surface area contributed by atoms with Crippen molar-refractivity contribution in [3.8, 4) is 16.8 Å². The topological polar surface area (TPSA) is 56.2 Å². The van der Waals surface area contributed by atoms with Crippen LogP contribution in [-0.2, 0) is 16.1 Å². The first kappa shape index (κ1) is 18.7. The van der Waals surface area contributed by atoms with E-state index in [4.69, 9.17) is 4.74 Å². The molecular formula is C24H21N3O2. The molecule has 4 aromatic rings. The lowest BCUT2D eigenvalue weighted by Crippen LogP contribution is -2.18. The van der Waals surface area contributed by atoms with Crippen LogP contribution in [0.1, 0.15) is 5.56 Å². The third kappa shape index (κ3) is 4.97. The Morgan fingerprint density at radius 1 is 0.897 bits per heavy atom. The number of rotatable bonds is 7. The highest BCUT2D eigenvalue weighted by atomic mass is 16.5. The number of aromatic nitrogens is 2. The van der Waals surface area contributed by atoms with Crippen LogP contribution >= 0.6 is 0 Å². The number of carbonyl (C=O) groups excluding carboxylic acids is 1. The summed E-state index contributed by atoms with van der Waals surface area (Å²) in [5.74, 6) is -0.174. The maximum absolute atomic E-state index is 12.1. The van der Waals surface area contributed by atoms with Gasteiger partial charge in [0.1, 0.15) is 6.61 Å². The summed E-state index contributed by atoms with van der Waals surface area (Å²) >= 11 is 0. The number of ether oxygens (including phenoxy) is 1. The van der Waals surface area contributed by atoms with Gasteiger partial charge in [-0.2, -0.15) is 0 Å². The van der Waals surface area contributed by atoms with Gasteiger partial charge >= 0.3 is 0 Å². The average Bonchev–Trinajstić information content (AvgIpc) is 3.30. The fourth-order valence-electron chi connectivity index (χ4n) is 3.01. The number of carbonyl (C=O) groups is 1. The Kier molecular flexibility index (Phi) is 5.78. The second-order valence-electron chi connectivity index (χ2n) is 6.62. The SMILES string of the molecule is O=C(COCc1ccc(-n2ccnc2)cc1)Nc1ccc(-c2ccccc2)cc1. The van der Waals surface area contributed by atoms with Gasteiger partial charge < -0.3 is 14.6 Å². The third-order valence-corrected chi connectivity index (χ3v) is 4.52. The van der Waals surface area contributed by atoms with E-state index in [0.29, 0.717) is 6.61 Å². The maximum Gasteiger partial charge on any atom is 0.250 e. The Morgan fingerprint density at radius 3 is 2.31 bits per heavy atom. The van der Waals surface area contributed by atoms with E-state index in [9.17, 15) is 4.79 Å². The Balaban J connectivity index is 1.25. The van der Waals surface area contributed by atoms with Crippen molar-refractivity contribution in [3.05, 3.63) is 103 Å². The molecule has 0 atom stereocenters. The Morgan fingerprint density at radius 2 is 1.62 bits per heavy atom. The number of nitrogens with one attached hydrogen (secondary N) is 1. The summed E-state index contributed by atoms with van der Waals surface area (Å²) < 4.78 is 7.48. The van der Waals surface area contributed by atoms with E-state index in [2.05, 4.69) is 22.4 Å². The maximum atomic E-state index is 12.1. The molecule has 29 heavy (non-hydrogen) atoms. The van der Waals surface area contributed by atoms with E-state index in [1.54, 1.807) is 12.5 Å². The predicted octanol–water partition coefficient (Wildman–Crippen LogP) is 4.69. The summed E-state index contributed by atoms with van der Waals surface area (Å²) in [4.78, 5) is 16.2. The third-order valence-electron chi connectivity index (χ3n) is 4.52. The van der Waals surface area contributed by atoms with Crippen LogP contribution in [0, 0.1) is 0 Å². The van der Waals surface area contributed by atoms with Crippen molar-refractivity contribution in [2.45, 2.75) is 6.61 Å². The van der Waals surface area contributed by atoms with Crippen LogP contribution in [0.2, 0.25) is 0 Å². The first-order valence-corrected chi connectivity index (χ1v) is 9.38. The number of hydrogen-bond acceptors (Lipinski definition) is 3. The highest BCUT2D eigenvalue weighted by molar-refractivity contribution is 5.91. The van der Waals surface area contributed by atoms with E-state index in [0.717, 1.165) is 28.1 Å². The molecule has 0 spiro atoms. The van der Waals surface area contributed by atoms with E-state index in [1.807, 2.05) is 77.5 Å². The molecule has 0 saturated carbocycles. The lowest BCUT2D eigenvalue weighted by atomic mass is 10.1. The molecule has 0 fully saturated rings. The van der Waals surface area contributed by atoms with Gasteiger partial charge in [-0.05, 0) is 41.0 Å². The van der Waals surface area contributed by atoms with Crippen molar-refractivity contribution in [1.82, 2.24) is 9.55 Å². The molecule has 0 aliphatic carbocycles. The largest absolute Gasteiger partial charge is 0.367 e. The van der Waals surface area contributed by atoms with Crippen molar-refractivity contribution in [2.24, 2.45) is 0 Å². The minimum Gasteiger partial charge on any atom is -0.367 e. The standard InChI is InChI=1S/C24H21N3O2/c28-24(26-22-10-8-21(9-11-22)20-4-2-1-3-5-20)17-29-16-19-6-12-23(13-7-19)27-15-14-25-18-27/h1-15,18H,16-17H2,(H,26,28). The number of anilines is 1. The molecule has 0 radical (unpaired) electrons. The quantitative estimate of drug-likeness (QED) is 0.503. The van der Waals surface area contributed by atoms with Gasteiger partial charge in [0.25, 0.3) is 0 Å². The summed E-state index contributed by atoms with van der Waals surface area (Å²) in [7, 11) is 0. The van der Waals surface area contributed by atoms with Gasteiger partial charge in [-0.3, -0.25) is 4.79 Å². The second-order valence-corrected chi connectivity index (χ2v) is 6.62. The first-order chi connectivity index (χ1) is 14.3. The molecule has 0 aliphatic heterocycles. The van der Waals surface area contributed by atoms with Gasteiger partial charge in [0.05, 0.1) is 12.9 Å². The molecule has 1 N–H and O–H groups in total. The summed E-state index contributed by atoms with van der Waals surface area (Å²) in [6.07, 6.45) is 5.38. The van der Waals surface area contributed by atoms with Gasteiger partial charge in [-0.1, -0.05) is 54.6 Å². The van der Waals surface area contributed by atoms with Crippen LogP contribution in [-0.4, -0.2) is 22.1 Å². The van der Waals surface area contributed by atoms with Crippen LogP contribution < -0.4 is 5.32 Å². The molecule has 0 saturated heterocycles. The molecule has 1 heterocycles. The van der Waals surface area contributed by atoms with E-state index >= 15 is 0 Å². The number of imidazole rings is 1. The van der Waals surface area contributed by atoms with E-state index < -0.39 is 0 Å². The minimum atomic E-state index is -0.174. The highest BCUT2D eigenvalue weighted by Crippen LogP contribution is 2.21. The summed E-state index contributed by atoms with van der Waals surface area (Å²) in [6, 6.07) is 25.9. The zero-order valence-corrected chi connectivity index (χ0v) is 15.9. The minimum absolute atomic E-state index is 0.00368. The molecule has 144 valence electrons. The smallest absolute Gasteiger partial charge is 0.250 e. The van der Waals surface area contributed by atoms with Crippen LogP contribution in [0.4, 0.5) is 5.69 Å². The fourth-order valence-corrected chi connectivity index (χ4v) is 3.01. The normalized spacial score (nSPS) is 10.6. The van der Waals surface area contributed by atoms with Crippen LogP contribution in [0.25, 0.3) is 16.8 Å². The predicted molar refractivity (Wildman–Crippen MR) is 114 cm³/mol. The summed E-state index contributed by atoms with van der Waals surface area (Å²) in [5, 5.41) is 2.86. The number of nitrogens with zero attached hydrogens (tertiary/aromatic N) is 2. The number of amides is 1. The zero-order chi connectivity index (χ0) is 19.9. The highest BCUT2D eigenvalue weighted by Gasteiger charge is 2.04. The van der Waals surface area contributed by atoms with Crippen LogP contribution in [0.15, 0.2) is 97.6 Å². The van der Waals surface area contributed by atoms with Crippen molar-refractivity contribution in [1.29, 1.82) is 0 Å². The molecule has 3 aromatic carbocycles. The molecular weight excluding hydrogens is 362 g/mol. The second kappa shape index (κ2) is 8.99. The number of hydrogen-bond donors (Lipinski definition) is 1. The molecule has 0 bridgehead atoms. The van der Waals surface area contributed by atoms with Crippen LogP contribution in [0.3, 0.4) is 0 Å². The summed E-state index contributed by atoms with van der Waals surface area (Å²) in [5.41, 5.74) is 5.05. The van der Waals surface area contributed by atoms with Gasteiger partial charge in [0.2, 0.25) is 5.91 Å². The molecule has 5 nitrogen and oxygen atoms in total. The van der Waals surface area contributed by atoms with Crippen molar-refractivity contribution < 1.29 is 9.53 Å². The fraction of sp³-hybridized carbons (Fsp3) is 0.0833. The molecule has 0 unspecified atom stereocenters. The molecule has 0 aliphatic rings. The number of benzene rings is 3. The lowest BCUT2D eigenvalue weighted by Gasteiger charge is -2.08. The monoisotopic (exact) mass is 383 g/mol. The average molecular weight is 383 g/mol. The van der Waals surface area contributed by atoms with Crippen molar-refractivity contribution in [3.63, 3.8) is 0 Å². The van der Waals surface area contributed by atoms with Crippen molar-refractivity contribution >= 4 is 11.6 Å². The Labute approximate surface area is 169 Å². The molecule has 1 amide bonds. The Hall–Kier alpha value is -3.70. The van der Waals surface area contributed by atoms with E-state index in [1.165, 1.54) is 0 Å². The first-order valence-electron chi connectivity index (χ1n) is 9.38. The van der Waals surface area contributed by atoms with Gasteiger partial charge in [-0.15, -0.1) is 0 Å². The Bertz CT molecular complexity index is 1040. The molecule has 5 heteroatoms. The molecule has 1 aromatic heterocycles. The summed E-state index contributed by atoms with van der Waals surface area (Å²) in [6.45, 7) is 0.383. The van der Waals surface area contributed by atoms with Crippen LogP contribution in [0.5, 0.6) is 0 Å². The van der Waals surface area contributed by atoms with Gasteiger partial charge in [0, 0.05) is 23.8 Å². The van der Waals surface area contributed by atoms with E-state index in [-0.39, 0.29) is 12.5 Å². The van der Waals surface area contributed by atoms with Gasteiger partial charge in [0.15, 0.2) is 0 Å². The van der Waals surface area contributed by atoms with Crippen molar-refractivity contribution in [2.75, 3.05) is 11.9 Å².